The molecule has 0 aliphatic rings. The second-order valence-corrected chi connectivity index (χ2v) is 3.91. The van der Waals surface area contributed by atoms with Crippen LogP contribution in [-0.2, 0) is 0 Å². The summed E-state index contributed by atoms with van der Waals surface area (Å²) >= 11 is 0. The normalized spacial score (nSPS) is 11.9. The fraction of sp³-hybridized carbons (Fsp3) is 0.545. The minimum atomic E-state index is 0.104. The molecular weight excluding hydrogens is 204 g/mol. The van der Waals surface area contributed by atoms with E-state index >= 15 is 0 Å². The Morgan fingerprint density at radius 1 is 1.44 bits per heavy atom. The fourth-order valence-electron chi connectivity index (χ4n) is 1.20. The van der Waals surface area contributed by atoms with Crippen LogP contribution in [-0.4, -0.2) is 28.5 Å². The van der Waals surface area contributed by atoms with Crippen molar-refractivity contribution >= 4 is 5.82 Å². The van der Waals surface area contributed by atoms with Gasteiger partial charge in [-0.15, -0.1) is 5.10 Å². The first kappa shape index (κ1) is 12.4. The van der Waals surface area contributed by atoms with Gasteiger partial charge in [-0.2, -0.15) is 10.4 Å². The second-order valence-electron chi connectivity index (χ2n) is 3.91. The van der Waals surface area contributed by atoms with Crippen molar-refractivity contribution in [1.29, 1.82) is 5.26 Å². The number of rotatable bonds is 4. The fourth-order valence-corrected chi connectivity index (χ4v) is 1.20. The van der Waals surface area contributed by atoms with Crippen LogP contribution in [0.15, 0.2) is 0 Å². The molecule has 0 bridgehead atoms. The van der Waals surface area contributed by atoms with Gasteiger partial charge in [0.1, 0.15) is 11.6 Å². The van der Waals surface area contributed by atoms with Crippen molar-refractivity contribution in [1.82, 2.24) is 10.2 Å². The molecule has 0 saturated carbocycles. The molecule has 1 rings (SSSR count). The van der Waals surface area contributed by atoms with Crippen molar-refractivity contribution in [2.45, 2.75) is 20.8 Å². The highest BCUT2D eigenvalue weighted by molar-refractivity contribution is 5.55. The number of nitrogens with one attached hydrogen (secondary N) is 1. The number of nitrogens with zero attached hydrogens (tertiary/aromatic N) is 3. The molecule has 1 aromatic heterocycles. The van der Waals surface area contributed by atoms with Crippen LogP contribution in [0.25, 0.3) is 0 Å². The third-order valence-corrected chi connectivity index (χ3v) is 2.50. The maximum atomic E-state index is 9.04. The SMILES string of the molecule is Cc1nnc(NCC(C)CO)c(C#N)c1C. The number of nitriles is 1. The number of aryl methyl sites for hydroxylation is 1. The predicted octanol–water partition coefficient (Wildman–Crippen LogP) is 1.01. The van der Waals surface area contributed by atoms with Crippen molar-refractivity contribution in [3.63, 3.8) is 0 Å². The van der Waals surface area contributed by atoms with Crippen molar-refractivity contribution in [3.8, 4) is 6.07 Å². The molecule has 0 fully saturated rings. The van der Waals surface area contributed by atoms with Gasteiger partial charge in [0.05, 0.1) is 5.69 Å². The number of aliphatic hydroxyl groups is 1. The molecule has 5 heteroatoms. The van der Waals surface area contributed by atoms with E-state index in [2.05, 4.69) is 21.6 Å². The molecular formula is C11H16N4O. The Morgan fingerprint density at radius 3 is 2.69 bits per heavy atom. The molecule has 1 aromatic rings. The van der Waals surface area contributed by atoms with Crippen molar-refractivity contribution in [3.05, 3.63) is 16.8 Å². The standard InChI is InChI=1S/C11H16N4O/c1-7(6-16)5-13-11-10(4-12)8(2)9(3)14-15-11/h7,16H,5-6H2,1-3H3,(H,13,15). The second kappa shape index (κ2) is 5.42. The summed E-state index contributed by atoms with van der Waals surface area (Å²) < 4.78 is 0. The Morgan fingerprint density at radius 2 is 2.12 bits per heavy atom. The lowest BCUT2D eigenvalue weighted by atomic mass is 10.1. The smallest absolute Gasteiger partial charge is 0.166 e. The van der Waals surface area contributed by atoms with E-state index < -0.39 is 0 Å². The summed E-state index contributed by atoms with van der Waals surface area (Å²) in [5, 5.41) is 28.9. The zero-order valence-electron chi connectivity index (χ0n) is 9.78. The van der Waals surface area contributed by atoms with Crippen LogP contribution in [0.1, 0.15) is 23.7 Å². The highest BCUT2D eigenvalue weighted by Gasteiger charge is 2.11. The molecule has 86 valence electrons. The monoisotopic (exact) mass is 220 g/mol. The highest BCUT2D eigenvalue weighted by Crippen LogP contribution is 2.17. The molecule has 0 aromatic carbocycles. The molecule has 0 aliphatic heterocycles. The molecule has 1 heterocycles. The number of aliphatic hydroxyl groups excluding tert-OH is 1. The average molecular weight is 220 g/mol. The summed E-state index contributed by atoms with van der Waals surface area (Å²) in [6.45, 7) is 6.26. The van der Waals surface area contributed by atoms with Gasteiger partial charge in [0, 0.05) is 13.2 Å². The molecule has 0 radical (unpaired) electrons. The molecule has 5 nitrogen and oxygen atoms in total. The Kier molecular flexibility index (Phi) is 4.20. The van der Waals surface area contributed by atoms with Gasteiger partial charge in [0.15, 0.2) is 5.82 Å². The first-order chi connectivity index (χ1) is 7.60. The molecule has 0 spiro atoms. The van der Waals surface area contributed by atoms with E-state index in [1.165, 1.54) is 0 Å². The number of aromatic nitrogens is 2. The van der Waals surface area contributed by atoms with E-state index in [0.29, 0.717) is 17.9 Å². The molecule has 16 heavy (non-hydrogen) atoms. The van der Waals surface area contributed by atoms with E-state index in [4.69, 9.17) is 10.4 Å². The molecule has 0 saturated heterocycles. The van der Waals surface area contributed by atoms with Crippen LogP contribution < -0.4 is 5.32 Å². The van der Waals surface area contributed by atoms with E-state index in [1.807, 2.05) is 20.8 Å². The van der Waals surface area contributed by atoms with Gasteiger partial charge in [-0.25, -0.2) is 0 Å². The van der Waals surface area contributed by atoms with Crippen molar-refractivity contribution in [2.24, 2.45) is 5.92 Å². The summed E-state index contributed by atoms with van der Waals surface area (Å²) in [7, 11) is 0. The van der Waals surface area contributed by atoms with Crippen molar-refractivity contribution in [2.75, 3.05) is 18.5 Å². The minimum Gasteiger partial charge on any atom is -0.396 e. The molecule has 1 unspecified atom stereocenters. The molecule has 1 atom stereocenters. The highest BCUT2D eigenvalue weighted by atomic mass is 16.3. The van der Waals surface area contributed by atoms with Gasteiger partial charge < -0.3 is 10.4 Å². The molecule has 2 N–H and O–H groups in total. The van der Waals surface area contributed by atoms with E-state index in [-0.39, 0.29) is 12.5 Å². The zero-order valence-corrected chi connectivity index (χ0v) is 9.78. The lowest BCUT2D eigenvalue weighted by Crippen LogP contribution is -2.17. The largest absolute Gasteiger partial charge is 0.396 e. The third-order valence-electron chi connectivity index (χ3n) is 2.50. The maximum absolute atomic E-state index is 9.04. The lowest BCUT2D eigenvalue weighted by Gasteiger charge is -2.12. The van der Waals surface area contributed by atoms with Gasteiger partial charge in [0.2, 0.25) is 0 Å². The Hall–Kier alpha value is -1.67. The Balaban J connectivity index is 2.89. The summed E-state index contributed by atoms with van der Waals surface area (Å²) in [5.74, 6) is 0.612. The number of anilines is 1. The van der Waals surface area contributed by atoms with Crippen LogP contribution >= 0.6 is 0 Å². The number of hydrogen-bond donors (Lipinski definition) is 2. The first-order valence-electron chi connectivity index (χ1n) is 5.18. The molecule has 0 amide bonds. The Bertz CT molecular complexity index is 411. The first-order valence-corrected chi connectivity index (χ1v) is 5.18. The maximum Gasteiger partial charge on any atom is 0.166 e. The minimum absolute atomic E-state index is 0.104. The van der Waals surface area contributed by atoms with Gasteiger partial charge in [-0.1, -0.05) is 6.92 Å². The van der Waals surface area contributed by atoms with Crippen LogP contribution in [0.3, 0.4) is 0 Å². The van der Waals surface area contributed by atoms with Gasteiger partial charge in [-0.05, 0) is 25.3 Å². The van der Waals surface area contributed by atoms with Crippen LogP contribution in [0.2, 0.25) is 0 Å². The predicted molar refractivity (Wildman–Crippen MR) is 61.0 cm³/mol. The zero-order chi connectivity index (χ0) is 12.1. The van der Waals surface area contributed by atoms with E-state index in [9.17, 15) is 0 Å². The topological polar surface area (TPSA) is 81.8 Å². The summed E-state index contributed by atoms with van der Waals surface area (Å²) in [4.78, 5) is 0. The van der Waals surface area contributed by atoms with Gasteiger partial charge in [0.25, 0.3) is 0 Å². The third kappa shape index (κ3) is 2.67. The summed E-state index contributed by atoms with van der Waals surface area (Å²) in [6, 6.07) is 2.12. The van der Waals surface area contributed by atoms with E-state index in [0.717, 1.165) is 11.3 Å². The van der Waals surface area contributed by atoms with Gasteiger partial charge in [-0.3, -0.25) is 0 Å². The quantitative estimate of drug-likeness (QED) is 0.791. The Labute approximate surface area is 95.1 Å². The average Bonchev–Trinajstić information content (AvgIpc) is 2.30. The summed E-state index contributed by atoms with van der Waals surface area (Å²) in [6.07, 6.45) is 0. The number of hydrogen-bond acceptors (Lipinski definition) is 5. The summed E-state index contributed by atoms with van der Waals surface area (Å²) in [5.41, 5.74) is 2.13. The van der Waals surface area contributed by atoms with Gasteiger partial charge >= 0.3 is 0 Å². The van der Waals surface area contributed by atoms with Crippen LogP contribution in [0.5, 0.6) is 0 Å². The van der Waals surface area contributed by atoms with E-state index in [1.54, 1.807) is 0 Å². The van der Waals surface area contributed by atoms with Crippen molar-refractivity contribution < 1.29 is 5.11 Å². The lowest BCUT2D eigenvalue weighted by molar-refractivity contribution is 0.244. The van der Waals surface area contributed by atoms with Crippen LogP contribution in [0, 0.1) is 31.1 Å². The van der Waals surface area contributed by atoms with Crippen LogP contribution in [0.4, 0.5) is 5.82 Å². The molecule has 0 aliphatic carbocycles.